The van der Waals surface area contributed by atoms with Crippen molar-refractivity contribution in [2.45, 2.75) is 12.0 Å². The van der Waals surface area contributed by atoms with Crippen LogP contribution < -0.4 is 16.2 Å². The molecule has 2 aliphatic rings. The maximum absolute atomic E-state index is 11.6. The summed E-state index contributed by atoms with van der Waals surface area (Å²) in [5, 5.41) is 0. The van der Waals surface area contributed by atoms with Crippen LogP contribution in [0.2, 0.25) is 0 Å². The highest BCUT2D eigenvalue weighted by Gasteiger charge is 2.40. The lowest BCUT2D eigenvalue weighted by Gasteiger charge is -2.41. The molecule has 0 aliphatic carbocycles. The Hall–Kier alpha value is -1.43. The molecule has 0 saturated carbocycles. The Morgan fingerprint density at radius 3 is 2.82 bits per heavy atom. The van der Waals surface area contributed by atoms with Crippen LogP contribution in [0.25, 0.3) is 0 Å². The van der Waals surface area contributed by atoms with Crippen LogP contribution in [0.5, 0.6) is 0 Å². The minimum Gasteiger partial charge on any atom is -0.377 e. The standard InChI is InChI=1S/C12H15N3O2/c1-15-10-3-2-9(4-8(10)5-11(15)16)12(14-13)6-17-7-12/h2-4,14H,5-7,13H2,1H3. The van der Waals surface area contributed by atoms with Crippen LogP contribution >= 0.6 is 0 Å². The number of ether oxygens (including phenoxy) is 1. The third kappa shape index (κ3) is 1.40. The zero-order valence-electron chi connectivity index (χ0n) is 9.69. The zero-order chi connectivity index (χ0) is 12.0. The van der Waals surface area contributed by atoms with E-state index in [0.717, 1.165) is 16.8 Å². The van der Waals surface area contributed by atoms with Gasteiger partial charge >= 0.3 is 0 Å². The average molecular weight is 233 g/mol. The molecule has 2 heterocycles. The minimum absolute atomic E-state index is 0.136. The van der Waals surface area contributed by atoms with Gasteiger partial charge < -0.3 is 9.64 Å². The predicted octanol–water partition coefficient (Wildman–Crippen LogP) is -0.106. The van der Waals surface area contributed by atoms with Crippen LogP contribution in [0.1, 0.15) is 11.1 Å². The van der Waals surface area contributed by atoms with Gasteiger partial charge in [-0.1, -0.05) is 12.1 Å². The van der Waals surface area contributed by atoms with E-state index in [0.29, 0.717) is 19.6 Å². The van der Waals surface area contributed by atoms with E-state index in [2.05, 4.69) is 11.5 Å². The van der Waals surface area contributed by atoms with Crippen LogP contribution in [0.4, 0.5) is 5.69 Å². The van der Waals surface area contributed by atoms with Crippen molar-refractivity contribution in [2.75, 3.05) is 25.2 Å². The first-order chi connectivity index (χ1) is 8.16. The normalized spacial score (nSPS) is 21.3. The summed E-state index contributed by atoms with van der Waals surface area (Å²) in [6, 6.07) is 6.04. The summed E-state index contributed by atoms with van der Waals surface area (Å²) >= 11 is 0. The lowest BCUT2D eigenvalue weighted by molar-refractivity contribution is -0.117. The van der Waals surface area contributed by atoms with Gasteiger partial charge in [0.05, 0.1) is 19.6 Å². The number of hydrogen-bond acceptors (Lipinski definition) is 4. The number of nitrogens with one attached hydrogen (secondary N) is 1. The molecule has 0 radical (unpaired) electrons. The van der Waals surface area contributed by atoms with Crippen LogP contribution in [0, 0.1) is 0 Å². The van der Waals surface area contributed by atoms with E-state index >= 15 is 0 Å². The van der Waals surface area contributed by atoms with Crippen LogP contribution in [0.15, 0.2) is 18.2 Å². The first-order valence-electron chi connectivity index (χ1n) is 5.62. The monoisotopic (exact) mass is 233 g/mol. The molecule has 1 aromatic rings. The highest BCUT2D eigenvalue weighted by atomic mass is 16.5. The number of hydrazine groups is 1. The third-order valence-corrected chi connectivity index (χ3v) is 3.68. The second kappa shape index (κ2) is 3.53. The molecule has 0 bridgehead atoms. The lowest BCUT2D eigenvalue weighted by atomic mass is 9.87. The summed E-state index contributed by atoms with van der Waals surface area (Å²) in [5.41, 5.74) is 5.69. The van der Waals surface area contributed by atoms with Gasteiger partial charge in [0.1, 0.15) is 5.54 Å². The Kier molecular flexibility index (Phi) is 2.22. The summed E-state index contributed by atoms with van der Waals surface area (Å²) in [6.45, 7) is 1.15. The number of rotatable bonds is 2. The molecule has 1 fully saturated rings. The largest absolute Gasteiger partial charge is 0.377 e. The van der Waals surface area contributed by atoms with Gasteiger partial charge in [-0.2, -0.15) is 0 Å². The smallest absolute Gasteiger partial charge is 0.231 e. The Morgan fingerprint density at radius 1 is 1.47 bits per heavy atom. The van der Waals surface area contributed by atoms with Gasteiger partial charge in [0.25, 0.3) is 0 Å². The first-order valence-corrected chi connectivity index (χ1v) is 5.62. The van der Waals surface area contributed by atoms with Crippen LogP contribution in [0.3, 0.4) is 0 Å². The number of benzene rings is 1. The number of nitrogens with zero attached hydrogens (tertiary/aromatic N) is 1. The Labute approximate surface area is 99.5 Å². The highest BCUT2D eigenvalue weighted by Crippen LogP contribution is 2.34. The molecular formula is C12H15N3O2. The van der Waals surface area contributed by atoms with E-state index in [-0.39, 0.29) is 11.4 Å². The van der Waals surface area contributed by atoms with Crippen molar-refractivity contribution < 1.29 is 9.53 Å². The SMILES string of the molecule is CN1C(=O)Cc2cc(C3(NN)COC3)ccc21. The molecule has 1 amide bonds. The molecule has 5 heteroatoms. The molecule has 3 N–H and O–H groups in total. The van der Waals surface area contributed by atoms with E-state index in [1.807, 2.05) is 12.1 Å². The Morgan fingerprint density at radius 2 is 2.24 bits per heavy atom. The number of carbonyl (C=O) groups excluding carboxylic acids is 1. The van der Waals surface area contributed by atoms with E-state index < -0.39 is 0 Å². The quantitative estimate of drug-likeness (QED) is 0.552. The molecular weight excluding hydrogens is 218 g/mol. The van der Waals surface area contributed by atoms with Crippen molar-refractivity contribution in [3.05, 3.63) is 29.3 Å². The zero-order valence-corrected chi connectivity index (χ0v) is 9.69. The van der Waals surface area contributed by atoms with Gasteiger partial charge in [0, 0.05) is 12.7 Å². The number of nitrogens with two attached hydrogens (primary N) is 1. The van der Waals surface area contributed by atoms with Gasteiger partial charge in [-0.25, -0.2) is 5.43 Å². The average Bonchev–Trinajstić information content (AvgIpc) is 2.54. The number of hydrogen-bond donors (Lipinski definition) is 2. The second-order valence-corrected chi connectivity index (χ2v) is 4.69. The molecule has 3 rings (SSSR count). The van der Waals surface area contributed by atoms with Gasteiger partial charge in [-0.05, 0) is 17.2 Å². The fourth-order valence-electron chi connectivity index (χ4n) is 2.41. The first kappa shape index (κ1) is 10.7. The fourth-order valence-corrected chi connectivity index (χ4v) is 2.41. The number of likely N-dealkylation sites (N-methyl/N-ethyl adjacent to an activating group) is 1. The molecule has 0 aromatic heterocycles. The summed E-state index contributed by atoms with van der Waals surface area (Å²) in [6.07, 6.45) is 0.473. The highest BCUT2D eigenvalue weighted by molar-refractivity contribution is 6.00. The summed E-state index contributed by atoms with van der Waals surface area (Å²) in [4.78, 5) is 13.3. The number of anilines is 1. The van der Waals surface area contributed by atoms with Crippen molar-refractivity contribution >= 4 is 11.6 Å². The Bertz CT molecular complexity index is 477. The number of carbonyl (C=O) groups is 1. The van der Waals surface area contributed by atoms with Gasteiger partial charge in [0.15, 0.2) is 0 Å². The molecule has 17 heavy (non-hydrogen) atoms. The topological polar surface area (TPSA) is 67.6 Å². The second-order valence-electron chi connectivity index (χ2n) is 4.69. The van der Waals surface area contributed by atoms with Gasteiger partial charge in [0.2, 0.25) is 5.91 Å². The number of fused-ring (bicyclic) bond motifs is 1. The lowest BCUT2D eigenvalue weighted by Crippen LogP contribution is -2.60. The van der Waals surface area contributed by atoms with Crippen LogP contribution in [-0.2, 0) is 21.5 Å². The molecule has 1 aromatic carbocycles. The van der Waals surface area contributed by atoms with E-state index in [1.54, 1.807) is 11.9 Å². The summed E-state index contributed by atoms with van der Waals surface area (Å²) in [7, 11) is 1.80. The van der Waals surface area contributed by atoms with Crippen molar-refractivity contribution in [1.82, 2.24) is 5.43 Å². The van der Waals surface area contributed by atoms with Crippen molar-refractivity contribution in [1.29, 1.82) is 0 Å². The molecule has 2 aliphatic heterocycles. The molecule has 0 spiro atoms. The number of amides is 1. The Balaban J connectivity index is 2.00. The molecule has 90 valence electrons. The van der Waals surface area contributed by atoms with Gasteiger partial charge in [-0.15, -0.1) is 0 Å². The van der Waals surface area contributed by atoms with Crippen molar-refractivity contribution in [3.8, 4) is 0 Å². The van der Waals surface area contributed by atoms with Gasteiger partial charge in [-0.3, -0.25) is 10.6 Å². The molecule has 0 unspecified atom stereocenters. The third-order valence-electron chi connectivity index (χ3n) is 3.68. The molecule has 0 atom stereocenters. The van der Waals surface area contributed by atoms with E-state index in [9.17, 15) is 4.79 Å². The molecule has 1 saturated heterocycles. The maximum atomic E-state index is 11.6. The van der Waals surface area contributed by atoms with E-state index in [1.165, 1.54) is 0 Å². The maximum Gasteiger partial charge on any atom is 0.231 e. The summed E-state index contributed by atoms with van der Waals surface area (Å²) < 4.78 is 5.23. The fraction of sp³-hybridized carbons (Fsp3) is 0.417. The summed E-state index contributed by atoms with van der Waals surface area (Å²) in [5.74, 6) is 5.73. The minimum atomic E-state index is -0.279. The van der Waals surface area contributed by atoms with E-state index in [4.69, 9.17) is 10.6 Å². The predicted molar refractivity (Wildman–Crippen MR) is 63.4 cm³/mol. The molecule has 5 nitrogen and oxygen atoms in total. The van der Waals surface area contributed by atoms with Crippen LogP contribution in [-0.4, -0.2) is 26.2 Å². The van der Waals surface area contributed by atoms with Crippen molar-refractivity contribution in [2.24, 2.45) is 5.84 Å². The van der Waals surface area contributed by atoms with Crippen molar-refractivity contribution in [3.63, 3.8) is 0 Å².